The summed E-state index contributed by atoms with van der Waals surface area (Å²) in [7, 11) is 0. The number of carbonyl (C=O) groups excluding carboxylic acids is 2. The van der Waals surface area contributed by atoms with Crippen LogP contribution in [-0.2, 0) is 9.53 Å². The van der Waals surface area contributed by atoms with Gasteiger partial charge in [0.05, 0.1) is 5.69 Å². The van der Waals surface area contributed by atoms with Gasteiger partial charge in [-0.15, -0.1) is 0 Å². The molecule has 2 rings (SSSR count). The molecule has 0 aliphatic rings. The van der Waals surface area contributed by atoms with Crippen LogP contribution < -0.4 is 10.1 Å². The highest BCUT2D eigenvalue weighted by Crippen LogP contribution is 2.26. The van der Waals surface area contributed by atoms with Gasteiger partial charge in [0.15, 0.2) is 6.10 Å². The number of hydrogen-bond acceptors (Lipinski definition) is 5. The first kappa shape index (κ1) is 19.5. The van der Waals surface area contributed by atoms with Crippen molar-refractivity contribution < 1.29 is 33.0 Å². The number of esters is 1. The third kappa shape index (κ3) is 5.06. The quantitative estimate of drug-likeness (QED) is 0.738. The number of phenols is 1. The van der Waals surface area contributed by atoms with Gasteiger partial charge in [-0.25, -0.2) is 4.79 Å². The van der Waals surface area contributed by atoms with Crippen molar-refractivity contribution in [1.82, 2.24) is 0 Å². The van der Waals surface area contributed by atoms with Gasteiger partial charge in [-0.2, -0.15) is 8.78 Å². The summed E-state index contributed by atoms with van der Waals surface area (Å²) in [6, 6.07) is 9.35. The zero-order valence-corrected chi connectivity index (χ0v) is 14.2. The maximum atomic E-state index is 12.4. The zero-order valence-electron chi connectivity index (χ0n) is 13.4. The van der Waals surface area contributed by atoms with Crippen LogP contribution in [0.2, 0.25) is 5.02 Å². The van der Waals surface area contributed by atoms with E-state index in [0.717, 1.165) is 0 Å². The van der Waals surface area contributed by atoms with Gasteiger partial charge >= 0.3 is 12.6 Å². The average Bonchev–Trinajstić information content (AvgIpc) is 2.58. The summed E-state index contributed by atoms with van der Waals surface area (Å²) in [5.74, 6) is -2.33. The Kier molecular flexibility index (Phi) is 6.35. The van der Waals surface area contributed by atoms with E-state index in [1.807, 2.05) is 0 Å². The van der Waals surface area contributed by atoms with Crippen molar-refractivity contribution in [3.8, 4) is 11.5 Å². The highest BCUT2D eigenvalue weighted by Gasteiger charge is 2.22. The molecule has 0 heterocycles. The first-order valence-corrected chi connectivity index (χ1v) is 7.70. The molecule has 0 saturated carbocycles. The molecule has 0 bridgehead atoms. The maximum absolute atomic E-state index is 12.4. The third-order valence-electron chi connectivity index (χ3n) is 3.19. The Morgan fingerprint density at radius 3 is 2.58 bits per heavy atom. The van der Waals surface area contributed by atoms with E-state index < -0.39 is 24.6 Å². The summed E-state index contributed by atoms with van der Waals surface area (Å²) < 4.78 is 34.0. The standard InChI is InChI=1S/C17H14ClF2NO5/c1-9(25-16(24)11-8-10(18)6-7-13(11)22)15(23)21-12-4-2-3-5-14(12)26-17(19)20/h2-9,17,22H,1H3,(H,21,23). The minimum absolute atomic E-state index is 0.00805. The van der Waals surface area contributed by atoms with Crippen LogP contribution in [0.25, 0.3) is 0 Å². The van der Waals surface area contributed by atoms with Crippen molar-refractivity contribution in [2.45, 2.75) is 19.6 Å². The number of rotatable bonds is 6. The van der Waals surface area contributed by atoms with Gasteiger partial charge in [0.2, 0.25) is 0 Å². The normalized spacial score (nSPS) is 11.7. The van der Waals surface area contributed by atoms with Gasteiger partial charge in [-0.1, -0.05) is 23.7 Å². The van der Waals surface area contributed by atoms with Crippen LogP contribution in [-0.4, -0.2) is 29.7 Å². The van der Waals surface area contributed by atoms with Crippen molar-refractivity contribution in [2.75, 3.05) is 5.32 Å². The largest absolute Gasteiger partial charge is 0.507 e. The molecule has 9 heteroatoms. The summed E-state index contributed by atoms with van der Waals surface area (Å²) in [6.45, 7) is -1.78. The fraction of sp³-hybridized carbons (Fsp3) is 0.176. The van der Waals surface area contributed by atoms with Crippen molar-refractivity contribution in [3.05, 3.63) is 53.1 Å². The van der Waals surface area contributed by atoms with Crippen molar-refractivity contribution in [1.29, 1.82) is 0 Å². The predicted octanol–water partition coefficient (Wildman–Crippen LogP) is 3.83. The second-order valence-corrected chi connectivity index (χ2v) is 5.51. The Morgan fingerprint density at radius 2 is 1.88 bits per heavy atom. The molecule has 0 spiro atoms. The number of phenolic OH excluding ortho intramolecular Hbond substituents is 1. The molecule has 0 fully saturated rings. The molecule has 0 aromatic heterocycles. The first-order valence-electron chi connectivity index (χ1n) is 7.32. The average molecular weight is 386 g/mol. The number of amides is 1. The van der Waals surface area contributed by atoms with Gasteiger partial charge in [0.1, 0.15) is 17.1 Å². The highest BCUT2D eigenvalue weighted by molar-refractivity contribution is 6.31. The van der Waals surface area contributed by atoms with Crippen LogP contribution in [0.4, 0.5) is 14.5 Å². The maximum Gasteiger partial charge on any atom is 0.387 e. The molecule has 0 saturated heterocycles. The van der Waals surface area contributed by atoms with E-state index in [1.54, 1.807) is 0 Å². The third-order valence-corrected chi connectivity index (χ3v) is 3.43. The second-order valence-electron chi connectivity index (χ2n) is 5.07. The molecule has 0 radical (unpaired) electrons. The van der Waals surface area contributed by atoms with Crippen molar-refractivity contribution in [2.24, 2.45) is 0 Å². The molecule has 6 nitrogen and oxygen atoms in total. The number of alkyl halides is 2. The summed E-state index contributed by atoms with van der Waals surface area (Å²) >= 11 is 5.75. The molecule has 26 heavy (non-hydrogen) atoms. The van der Waals surface area contributed by atoms with E-state index in [1.165, 1.54) is 49.4 Å². The Bertz CT molecular complexity index is 815. The minimum Gasteiger partial charge on any atom is -0.507 e. The highest BCUT2D eigenvalue weighted by atomic mass is 35.5. The summed E-state index contributed by atoms with van der Waals surface area (Å²) in [5, 5.41) is 12.2. The van der Waals surface area contributed by atoms with Crippen molar-refractivity contribution in [3.63, 3.8) is 0 Å². The Balaban J connectivity index is 2.06. The minimum atomic E-state index is -3.06. The molecule has 1 amide bonds. The smallest absolute Gasteiger partial charge is 0.387 e. The van der Waals surface area contributed by atoms with Crippen LogP contribution in [0.3, 0.4) is 0 Å². The van der Waals surface area contributed by atoms with E-state index in [4.69, 9.17) is 16.3 Å². The molecule has 2 N–H and O–H groups in total. The molecule has 1 atom stereocenters. The van der Waals surface area contributed by atoms with Gasteiger partial charge in [0.25, 0.3) is 5.91 Å². The molecule has 1 unspecified atom stereocenters. The van der Waals surface area contributed by atoms with E-state index in [-0.39, 0.29) is 27.8 Å². The number of nitrogens with one attached hydrogen (secondary N) is 1. The van der Waals surface area contributed by atoms with Crippen LogP contribution in [0.5, 0.6) is 11.5 Å². The number of benzene rings is 2. The lowest BCUT2D eigenvalue weighted by atomic mass is 10.2. The molecule has 138 valence electrons. The van der Waals surface area contributed by atoms with E-state index in [9.17, 15) is 23.5 Å². The molecule has 2 aromatic rings. The van der Waals surface area contributed by atoms with Crippen LogP contribution >= 0.6 is 11.6 Å². The summed E-state index contributed by atoms with van der Waals surface area (Å²) in [4.78, 5) is 24.2. The molecular formula is C17H14ClF2NO5. The van der Waals surface area contributed by atoms with E-state index >= 15 is 0 Å². The summed E-state index contributed by atoms with van der Waals surface area (Å²) in [6.07, 6.45) is -1.28. The number of anilines is 1. The second kappa shape index (κ2) is 8.48. The lowest BCUT2D eigenvalue weighted by molar-refractivity contribution is -0.123. The Morgan fingerprint density at radius 1 is 1.19 bits per heavy atom. The summed E-state index contributed by atoms with van der Waals surface area (Å²) in [5.41, 5.74) is -0.218. The number of aromatic hydroxyl groups is 1. The fourth-order valence-corrected chi connectivity index (χ4v) is 2.12. The fourth-order valence-electron chi connectivity index (χ4n) is 1.95. The van der Waals surface area contributed by atoms with E-state index in [0.29, 0.717) is 0 Å². The molecule has 0 aliphatic carbocycles. The number of hydrogen-bond donors (Lipinski definition) is 2. The van der Waals surface area contributed by atoms with Gasteiger partial charge < -0.3 is 19.9 Å². The van der Waals surface area contributed by atoms with Crippen LogP contribution in [0, 0.1) is 0 Å². The Labute approximate surface area is 152 Å². The lowest BCUT2D eigenvalue weighted by Crippen LogP contribution is -2.30. The molecule has 0 aliphatic heterocycles. The first-order chi connectivity index (χ1) is 12.3. The number of halogens is 3. The van der Waals surface area contributed by atoms with Crippen LogP contribution in [0.1, 0.15) is 17.3 Å². The molecular weight excluding hydrogens is 372 g/mol. The van der Waals surface area contributed by atoms with Crippen LogP contribution in [0.15, 0.2) is 42.5 Å². The lowest BCUT2D eigenvalue weighted by Gasteiger charge is -2.16. The SMILES string of the molecule is CC(OC(=O)c1cc(Cl)ccc1O)C(=O)Nc1ccccc1OC(F)F. The number of carbonyl (C=O) groups is 2. The predicted molar refractivity (Wildman–Crippen MR) is 89.7 cm³/mol. The number of para-hydroxylation sites is 2. The van der Waals surface area contributed by atoms with E-state index in [2.05, 4.69) is 10.1 Å². The number of ether oxygens (including phenoxy) is 2. The molecule has 2 aromatic carbocycles. The van der Waals surface area contributed by atoms with Crippen molar-refractivity contribution >= 4 is 29.2 Å². The van der Waals surface area contributed by atoms with Gasteiger partial charge in [-0.05, 0) is 37.3 Å². The zero-order chi connectivity index (χ0) is 19.3. The monoisotopic (exact) mass is 385 g/mol. The van der Waals surface area contributed by atoms with Gasteiger partial charge in [-0.3, -0.25) is 4.79 Å². The Hall–Kier alpha value is -2.87. The van der Waals surface area contributed by atoms with Gasteiger partial charge in [0, 0.05) is 5.02 Å². The topological polar surface area (TPSA) is 84.9 Å².